The van der Waals surface area contributed by atoms with Crippen LogP contribution in [-0.4, -0.2) is 112 Å². The average Bonchev–Trinajstić information content (AvgIpc) is 3.66. The van der Waals surface area contributed by atoms with Crippen molar-refractivity contribution in [3.05, 3.63) is 71.3 Å². The van der Waals surface area contributed by atoms with Gasteiger partial charge >= 0.3 is 25.3 Å². The minimum absolute atomic E-state index is 0.0263. The van der Waals surface area contributed by atoms with E-state index in [0.717, 1.165) is 17.1 Å². The van der Waals surface area contributed by atoms with Crippen LogP contribution >= 0.6 is 31.0 Å². The molecule has 22 heteroatoms. The Balaban J connectivity index is 1.50. The van der Waals surface area contributed by atoms with Crippen molar-refractivity contribution in [1.29, 1.82) is 0 Å². The Morgan fingerprint density at radius 2 is 1.64 bits per heavy atom. The van der Waals surface area contributed by atoms with Crippen molar-refractivity contribution >= 4 is 70.2 Å². The summed E-state index contributed by atoms with van der Waals surface area (Å²) in [5.74, 6) is -2.18. The number of hydrogen-bond donors (Lipinski definition) is 1. The van der Waals surface area contributed by atoms with Gasteiger partial charge in [-0.3, -0.25) is 28.3 Å². The van der Waals surface area contributed by atoms with Crippen molar-refractivity contribution in [1.82, 2.24) is 10.2 Å². The van der Waals surface area contributed by atoms with Gasteiger partial charge in [0.2, 0.25) is 0 Å². The lowest BCUT2D eigenvalue weighted by Crippen LogP contribution is -2.47. The Morgan fingerprint density at radius 3 is 2.26 bits per heavy atom. The van der Waals surface area contributed by atoms with E-state index in [0.29, 0.717) is 10.6 Å². The summed E-state index contributed by atoms with van der Waals surface area (Å²) in [7, 11) is -8.62. The smallest absolute Gasteiger partial charge is 0.462 e. The highest BCUT2D eigenvalue weighted by Gasteiger charge is 2.47. The molecule has 4 rings (SSSR count). The van der Waals surface area contributed by atoms with Crippen molar-refractivity contribution < 1.29 is 74.2 Å². The standard InChI is InChI=1S/C36H43Cl2N2O16PS/c1-23(22-58(47,48)27-11-7-25(37)8-12-27)54-35(45)39-28-20-50-29(21-51-33(43)36(2,3)4)32(28)56-57(46,55-26-9-5-24(6-10-26)19-52-34(38)44)53-18-17-49-16-15-40-30(41)13-14-31(40)42/h5-14,23,28-29,32H,15-22H2,1-4H3,(H,39,45)/t23?,28?,29-,32-,57?/m1/s1. The largest absolute Gasteiger partial charge is 0.530 e. The van der Waals surface area contributed by atoms with E-state index in [9.17, 15) is 37.0 Å². The van der Waals surface area contributed by atoms with Gasteiger partial charge in [-0.1, -0.05) is 23.7 Å². The summed E-state index contributed by atoms with van der Waals surface area (Å²) in [5, 5.41) is 2.88. The molecule has 2 heterocycles. The van der Waals surface area contributed by atoms with Crippen LogP contribution in [0.5, 0.6) is 5.75 Å². The molecule has 2 aromatic rings. The Bertz CT molecular complexity index is 1960. The van der Waals surface area contributed by atoms with Crippen molar-refractivity contribution in [2.75, 3.05) is 45.3 Å². The predicted octanol–water partition coefficient (Wildman–Crippen LogP) is 4.99. The maximum absolute atomic E-state index is 14.4. The number of esters is 1. The zero-order valence-corrected chi connectivity index (χ0v) is 35.1. The lowest BCUT2D eigenvalue weighted by molar-refractivity contribution is -0.157. The summed E-state index contributed by atoms with van der Waals surface area (Å²) in [6.45, 7) is 4.69. The molecule has 2 aliphatic heterocycles. The van der Waals surface area contributed by atoms with Crippen LogP contribution in [0, 0.1) is 5.41 Å². The number of ether oxygens (including phenoxy) is 5. The van der Waals surface area contributed by atoms with Gasteiger partial charge in [0.15, 0.2) is 9.84 Å². The number of sulfone groups is 1. The monoisotopic (exact) mass is 892 g/mol. The number of nitrogens with one attached hydrogen (secondary N) is 1. The van der Waals surface area contributed by atoms with E-state index in [-0.39, 0.29) is 43.6 Å². The van der Waals surface area contributed by atoms with Crippen LogP contribution < -0.4 is 9.84 Å². The number of phosphoric acid groups is 1. The number of phosphoric ester groups is 1. The molecule has 2 aromatic carbocycles. The Labute approximate surface area is 344 Å². The molecule has 1 fully saturated rings. The molecule has 3 amide bonds. The van der Waals surface area contributed by atoms with Crippen molar-refractivity contribution in [2.24, 2.45) is 5.41 Å². The van der Waals surface area contributed by atoms with E-state index < -0.39 is 95.7 Å². The van der Waals surface area contributed by atoms with Crippen molar-refractivity contribution in [3.8, 4) is 5.75 Å². The topological polar surface area (TPSA) is 226 Å². The summed E-state index contributed by atoms with van der Waals surface area (Å²) in [6.07, 6.45) is -2.48. The van der Waals surface area contributed by atoms with Crippen molar-refractivity contribution in [2.45, 2.75) is 63.6 Å². The SMILES string of the molecule is CC(CS(=O)(=O)c1ccc(Cl)cc1)OC(=O)NC1CO[C@H](COC(=O)C(C)(C)C)[C@@H]1OP(=O)(OCCOCCN1C(=O)C=CC1=O)Oc1ccc(COC(=O)Cl)cc1. The Hall–Kier alpha value is -4.07. The summed E-state index contributed by atoms with van der Waals surface area (Å²) >= 11 is 11.1. The third kappa shape index (κ3) is 14.3. The predicted molar refractivity (Wildman–Crippen MR) is 205 cm³/mol. The Kier molecular flexibility index (Phi) is 16.7. The van der Waals surface area contributed by atoms with Gasteiger partial charge in [0, 0.05) is 28.8 Å². The van der Waals surface area contributed by atoms with Gasteiger partial charge in [-0.2, -0.15) is 0 Å². The van der Waals surface area contributed by atoms with Crippen LogP contribution in [0.2, 0.25) is 5.02 Å². The second-order valence-electron chi connectivity index (χ2n) is 13.8. The molecule has 0 aliphatic carbocycles. The van der Waals surface area contributed by atoms with Gasteiger partial charge in [0.25, 0.3) is 11.8 Å². The molecule has 18 nitrogen and oxygen atoms in total. The molecule has 318 valence electrons. The van der Waals surface area contributed by atoms with E-state index in [2.05, 4.69) is 5.32 Å². The molecule has 1 saturated heterocycles. The average molecular weight is 894 g/mol. The molecule has 2 aliphatic rings. The number of alkyl carbamates (subject to hydrolysis) is 1. The van der Waals surface area contributed by atoms with E-state index in [1.54, 1.807) is 20.8 Å². The maximum Gasteiger partial charge on any atom is 0.530 e. The molecule has 0 bridgehead atoms. The zero-order chi connectivity index (χ0) is 42.7. The van der Waals surface area contributed by atoms with Gasteiger partial charge < -0.3 is 33.5 Å². The first kappa shape index (κ1) is 46.6. The molecule has 58 heavy (non-hydrogen) atoms. The van der Waals surface area contributed by atoms with Gasteiger partial charge in [-0.05, 0) is 69.7 Å². The molecule has 3 unspecified atom stereocenters. The van der Waals surface area contributed by atoms with Gasteiger partial charge in [-0.15, -0.1) is 0 Å². The summed E-state index contributed by atoms with van der Waals surface area (Å²) in [4.78, 5) is 61.4. The molecular formula is C36H43Cl2N2O16PS. The zero-order valence-electron chi connectivity index (χ0n) is 31.8. The maximum atomic E-state index is 14.4. The lowest BCUT2D eigenvalue weighted by Gasteiger charge is -2.28. The number of halogens is 2. The molecule has 0 radical (unpaired) electrons. The van der Waals surface area contributed by atoms with Crippen molar-refractivity contribution in [3.63, 3.8) is 0 Å². The van der Waals surface area contributed by atoms with Crippen LogP contribution in [-0.2, 0) is 68.1 Å². The van der Waals surface area contributed by atoms with Crippen LogP contribution in [0.1, 0.15) is 33.3 Å². The molecule has 0 saturated carbocycles. The molecular weight excluding hydrogens is 850 g/mol. The first-order chi connectivity index (χ1) is 27.2. The first-order valence-electron chi connectivity index (χ1n) is 17.6. The fraction of sp³-hybridized carbons (Fsp3) is 0.472. The van der Waals surface area contributed by atoms with E-state index in [1.807, 2.05) is 0 Å². The van der Waals surface area contributed by atoms with Crippen LogP contribution in [0.3, 0.4) is 0 Å². The first-order valence-corrected chi connectivity index (χ1v) is 21.5. The molecule has 0 spiro atoms. The minimum Gasteiger partial charge on any atom is -0.462 e. The van der Waals surface area contributed by atoms with Crippen LogP contribution in [0.25, 0.3) is 0 Å². The van der Waals surface area contributed by atoms with E-state index >= 15 is 0 Å². The van der Waals surface area contributed by atoms with E-state index in [1.165, 1.54) is 55.5 Å². The Morgan fingerprint density at radius 1 is 0.983 bits per heavy atom. The summed E-state index contributed by atoms with van der Waals surface area (Å²) in [6, 6.07) is 10.1. The highest BCUT2D eigenvalue weighted by atomic mass is 35.5. The van der Waals surface area contributed by atoms with Gasteiger partial charge in [0.1, 0.15) is 37.3 Å². The third-order valence-corrected chi connectivity index (χ3v) is 11.8. The van der Waals surface area contributed by atoms with Crippen LogP contribution in [0.4, 0.5) is 9.59 Å². The highest BCUT2D eigenvalue weighted by Crippen LogP contribution is 2.52. The molecule has 0 aromatic heterocycles. The lowest BCUT2D eigenvalue weighted by atomic mass is 9.97. The number of hydrogen-bond acceptors (Lipinski definition) is 16. The van der Waals surface area contributed by atoms with Gasteiger partial charge in [0.05, 0.1) is 55.1 Å². The molecule has 1 N–H and O–H groups in total. The fourth-order valence-corrected chi connectivity index (χ4v) is 8.19. The van der Waals surface area contributed by atoms with E-state index in [4.69, 9.17) is 60.5 Å². The second-order valence-corrected chi connectivity index (χ2v) is 18.1. The summed E-state index contributed by atoms with van der Waals surface area (Å²) < 4.78 is 84.5. The molecule has 5 atom stereocenters. The highest BCUT2D eigenvalue weighted by molar-refractivity contribution is 7.91. The number of amides is 3. The quantitative estimate of drug-likeness (QED) is 0.0461. The number of benzene rings is 2. The fourth-order valence-electron chi connectivity index (χ4n) is 5.17. The normalized spacial score (nSPS) is 19.7. The number of rotatable bonds is 20. The number of imide groups is 1. The second kappa shape index (κ2) is 20.8. The number of carbonyl (C=O) groups is 5. The van der Waals surface area contributed by atoms with Crippen LogP contribution in [0.15, 0.2) is 65.6 Å². The summed E-state index contributed by atoms with van der Waals surface area (Å²) in [5.41, 5.74) is -1.42. The number of nitrogens with zero attached hydrogens (tertiary/aromatic N) is 1. The third-order valence-electron chi connectivity index (χ3n) is 8.06. The minimum atomic E-state index is -4.73. The van der Waals surface area contributed by atoms with Gasteiger partial charge in [-0.25, -0.2) is 22.6 Å². The number of carbonyl (C=O) groups excluding carboxylic acids is 5.